The Bertz CT molecular complexity index is 394. The number of carbonyl (C=O) groups excluding carboxylic acids is 1. The lowest BCUT2D eigenvalue weighted by Crippen LogP contribution is -2.35. The molecule has 2 nitrogen and oxygen atoms in total. The largest absolute Gasteiger partial charge is 0.311 e. The minimum atomic E-state index is 0.219. The average Bonchev–Trinajstić information content (AvgIpc) is 2.22. The highest BCUT2D eigenvalue weighted by Gasteiger charge is 2.23. The van der Waals surface area contributed by atoms with Crippen molar-refractivity contribution in [1.29, 1.82) is 0 Å². The van der Waals surface area contributed by atoms with Crippen LogP contribution in [0.3, 0.4) is 0 Å². The summed E-state index contributed by atoms with van der Waals surface area (Å²) in [6.45, 7) is 2.90. The zero-order chi connectivity index (χ0) is 10.8. The normalized spacial score (nSPS) is 15.3. The van der Waals surface area contributed by atoms with Crippen LogP contribution >= 0.6 is 27.7 Å². The van der Waals surface area contributed by atoms with Gasteiger partial charge in [-0.05, 0) is 24.6 Å². The topological polar surface area (TPSA) is 20.3 Å². The minimum absolute atomic E-state index is 0.219. The van der Waals surface area contributed by atoms with E-state index in [0.717, 1.165) is 23.1 Å². The van der Waals surface area contributed by atoms with Gasteiger partial charge in [-0.2, -0.15) is 0 Å². The Morgan fingerprint density at radius 1 is 1.53 bits per heavy atom. The van der Waals surface area contributed by atoms with Crippen molar-refractivity contribution in [3.8, 4) is 0 Å². The molecule has 0 spiro atoms. The second kappa shape index (κ2) is 4.58. The maximum absolute atomic E-state index is 11.7. The van der Waals surface area contributed by atoms with Crippen LogP contribution in [0.25, 0.3) is 0 Å². The van der Waals surface area contributed by atoms with Crippen molar-refractivity contribution in [3.05, 3.63) is 22.7 Å². The maximum atomic E-state index is 11.7. The molecule has 0 radical (unpaired) electrons. The van der Waals surface area contributed by atoms with Crippen LogP contribution in [0, 0.1) is 0 Å². The zero-order valence-corrected chi connectivity index (χ0v) is 10.9. The van der Waals surface area contributed by atoms with Crippen LogP contribution in [0.4, 0.5) is 5.69 Å². The van der Waals surface area contributed by atoms with Crippen LogP contribution in [-0.2, 0) is 4.79 Å². The summed E-state index contributed by atoms with van der Waals surface area (Å²) >= 11 is 5.07. The number of fused-ring (bicyclic) bond motifs is 1. The Kier molecular flexibility index (Phi) is 3.36. The van der Waals surface area contributed by atoms with Gasteiger partial charge in [-0.1, -0.05) is 22.9 Å². The van der Waals surface area contributed by atoms with Crippen molar-refractivity contribution in [2.45, 2.75) is 18.2 Å². The van der Waals surface area contributed by atoms with Gasteiger partial charge in [0.1, 0.15) is 0 Å². The van der Waals surface area contributed by atoms with Gasteiger partial charge in [0.25, 0.3) is 0 Å². The molecule has 0 fully saturated rings. The number of nitrogens with zero attached hydrogens (tertiary/aromatic N) is 1. The Labute approximate surface area is 102 Å². The first kappa shape index (κ1) is 11.0. The number of rotatable bonds is 2. The molecule has 0 aliphatic carbocycles. The molecular formula is C11H12BrNOS. The highest BCUT2D eigenvalue weighted by atomic mass is 79.9. The summed E-state index contributed by atoms with van der Waals surface area (Å²) in [6.07, 6.45) is 0.992. The number of halogens is 1. The molecule has 15 heavy (non-hydrogen) atoms. The van der Waals surface area contributed by atoms with E-state index < -0.39 is 0 Å². The molecule has 0 saturated heterocycles. The molecule has 1 heterocycles. The smallest absolute Gasteiger partial charge is 0.237 e. The van der Waals surface area contributed by atoms with Gasteiger partial charge < -0.3 is 4.90 Å². The molecule has 1 amide bonds. The van der Waals surface area contributed by atoms with E-state index in [1.54, 1.807) is 11.8 Å². The molecule has 2 rings (SSSR count). The van der Waals surface area contributed by atoms with Crippen molar-refractivity contribution in [2.75, 3.05) is 17.2 Å². The van der Waals surface area contributed by atoms with Gasteiger partial charge in [0.05, 0.1) is 11.4 Å². The highest BCUT2D eigenvalue weighted by Crippen LogP contribution is 2.37. The third kappa shape index (κ3) is 2.21. The SMILES string of the molecule is CCCN1C(=O)CSc2cc(Br)ccc21. The second-order valence-electron chi connectivity index (χ2n) is 3.45. The van der Waals surface area contributed by atoms with Crippen molar-refractivity contribution >= 4 is 39.3 Å². The number of hydrogen-bond donors (Lipinski definition) is 0. The van der Waals surface area contributed by atoms with Crippen LogP contribution in [0.2, 0.25) is 0 Å². The molecule has 1 aromatic carbocycles. The van der Waals surface area contributed by atoms with Crippen LogP contribution < -0.4 is 4.90 Å². The Hall–Kier alpha value is -0.480. The van der Waals surface area contributed by atoms with Crippen molar-refractivity contribution in [2.24, 2.45) is 0 Å². The lowest BCUT2D eigenvalue weighted by Gasteiger charge is -2.28. The van der Waals surface area contributed by atoms with Crippen LogP contribution in [0.15, 0.2) is 27.6 Å². The standard InChI is InChI=1S/C11H12BrNOS/c1-2-5-13-9-4-3-8(12)6-10(9)15-7-11(13)14/h3-4,6H,2,5,7H2,1H3. The van der Waals surface area contributed by atoms with Crippen molar-refractivity contribution in [1.82, 2.24) is 0 Å². The predicted molar refractivity (Wildman–Crippen MR) is 67.5 cm³/mol. The lowest BCUT2D eigenvalue weighted by molar-refractivity contribution is -0.116. The molecule has 0 saturated carbocycles. The van der Waals surface area contributed by atoms with Gasteiger partial charge in [0, 0.05) is 15.9 Å². The average molecular weight is 286 g/mol. The molecule has 1 aliphatic rings. The van der Waals surface area contributed by atoms with Gasteiger partial charge in [0.2, 0.25) is 5.91 Å². The molecule has 0 aromatic heterocycles. The molecule has 1 aromatic rings. The fraction of sp³-hybridized carbons (Fsp3) is 0.364. The van der Waals surface area contributed by atoms with E-state index in [1.165, 1.54) is 4.90 Å². The van der Waals surface area contributed by atoms with E-state index >= 15 is 0 Å². The van der Waals surface area contributed by atoms with Crippen LogP contribution in [0.1, 0.15) is 13.3 Å². The molecular weight excluding hydrogens is 274 g/mol. The summed E-state index contributed by atoms with van der Waals surface area (Å²) in [6, 6.07) is 6.08. The maximum Gasteiger partial charge on any atom is 0.237 e. The van der Waals surface area contributed by atoms with Gasteiger partial charge >= 0.3 is 0 Å². The molecule has 80 valence electrons. The summed E-state index contributed by atoms with van der Waals surface area (Å²) in [5.74, 6) is 0.778. The van der Waals surface area contributed by atoms with Gasteiger partial charge in [0.15, 0.2) is 0 Å². The van der Waals surface area contributed by atoms with E-state index in [0.29, 0.717) is 5.75 Å². The van der Waals surface area contributed by atoms with Crippen LogP contribution in [0.5, 0.6) is 0 Å². The van der Waals surface area contributed by atoms with E-state index in [1.807, 2.05) is 17.0 Å². The van der Waals surface area contributed by atoms with E-state index in [4.69, 9.17) is 0 Å². The Morgan fingerprint density at radius 2 is 2.33 bits per heavy atom. The van der Waals surface area contributed by atoms with Crippen molar-refractivity contribution in [3.63, 3.8) is 0 Å². The molecule has 0 N–H and O–H groups in total. The number of carbonyl (C=O) groups is 1. The zero-order valence-electron chi connectivity index (χ0n) is 8.50. The van der Waals surface area contributed by atoms with E-state index in [2.05, 4.69) is 28.9 Å². The quantitative estimate of drug-likeness (QED) is 0.831. The Morgan fingerprint density at radius 3 is 3.07 bits per heavy atom. The van der Waals surface area contributed by atoms with E-state index in [-0.39, 0.29) is 5.91 Å². The third-order valence-electron chi connectivity index (χ3n) is 2.31. The summed E-state index contributed by atoms with van der Waals surface area (Å²) in [7, 11) is 0. The fourth-order valence-electron chi connectivity index (χ4n) is 1.65. The number of benzene rings is 1. The summed E-state index contributed by atoms with van der Waals surface area (Å²) in [4.78, 5) is 14.8. The molecule has 1 aliphatic heterocycles. The first-order valence-corrected chi connectivity index (χ1v) is 6.73. The predicted octanol–water partition coefficient (Wildman–Crippen LogP) is 3.30. The number of amides is 1. The summed E-state index contributed by atoms with van der Waals surface area (Å²) < 4.78 is 1.07. The lowest BCUT2D eigenvalue weighted by atomic mass is 10.2. The van der Waals surface area contributed by atoms with Gasteiger partial charge in [-0.25, -0.2) is 0 Å². The number of anilines is 1. The van der Waals surface area contributed by atoms with E-state index in [9.17, 15) is 4.79 Å². The third-order valence-corrected chi connectivity index (χ3v) is 3.83. The fourth-order valence-corrected chi connectivity index (χ4v) is 3.13. The first-order chi connectivity index (χ1) is 7.22. The summed E-state index contributed by atoms with van der Waals surface area (Å²) in [5.41, 5.74) is 1.06. The monoisotopic (exact) mass is 285 g/mol. The number of thioether (sulfide) groups is 1. The van der Waals surface area contributed by atoms with Crippen LogP contribution in [-0.4, -0.2) is 18.2 Å². The summed E-state index contributed by atoms with van der Waals surface area (Å²) in [5, 5.41) is 0. The molecule has 0 unspecified atom stereocenters. The molecule has 0 bridgehead atoms. The number of hydrogen-bond acceptors (Lipinski definition) is 2. The second-order valence-corrected chi connectivity index (χ2v) is 5.38. The highest BCUT2D eigenvalue weighted by molar-refractivity contribution is 9.10. The van der Waals surface area contributed by atoms with Gasteiger partial charge in [-0.3, -0.25) is 4.79 Å². The molecule has 4 heteroatoms. The minimum Gasteiger partial charge on any atom is -0.311 e. The Balaban J connectivity index is 2.39. The first-order valence-electron chi connectivity index (χ1n) is 4.95. The molecule has 0 atom stereocenters. The van der Waals surface area contributed by atoms with Crippen molar-refractivity contribution < 1.29 is 4.79 Å². The van der Waals surface area contributed by atoms with Gasteiger partial charge in [-0.15, -0.1) is 11.8 Å².